The van der Waals surface area contributed by atoms with Gasteiger partial charge in [0.05, 0.1) is 38.0 Å². The molecule has 0 unspecified atom stereocenters. The van der Waals surface area contributed by atoms with E-state index in [1.165, 1.54) is 53.1 Å². The van der Waals surface area contributed by atoms with Crippen LogP contribution in [0.3, 0.4) is 0 Å². The van der Waals surface area contributed by atoms with Crippen LogP contribution in [-0.2, 0) is 114 Å². The van der Waals surface area contributed by atoms with Gasteiger partial charge in [0.25, 0.3) is 0 Å². The van der Waals surface area contributed by atoms with Crippen molar-refractivity contribution >= 4 is 140 Å². The van der Waals surface area contributed by atoms with Crippen LogP contribution in [0.25, 0.3) is 21.8 Å². The number of nitrogens with one attached hydrogen (secondary N) is 17. The summed E-state index contributed by atoms with van der Waals surface area (Å²) in [6.07, 6.45) is 8.48. The lowest BCUT2D eigenvalue weighted by Gasteiger charge is -2.36. The minimum Gasteiger partial charge on any atom is -0.394 e. The highest BCUT2D eigenvalue weighted by molar-refractivity contribution is 8.00. The van der Waals surface area contributed by atoms with Crippen LogP contribution < -0.4 is 81.0 Å². The monoisotopic (exact) mass is 1930 g/mol. The molecule has 0 radical (unpaired) electrons. The van der Waals surface area contributed by atoms with E-state index < -0.39 is 222 Å². The molecule has 0 saturated carbocycles. The Morgan fingerprint density at radius 2 is 0.986 bits per heavy atom. The molecular formula is C93H130N26O18S. The fourth-order valence-electron chi connectivity index (χ4n) is 16.4. The largest absolute Gasteiger partial charge is 0.394 e. The highest BCUT2D eigenvalue weighted by atomic mass is 32.2. The molecule has 2 aliphatic heterocycles. The molecule has 45 heteroatoms. The summed E-state index contributed by atoms with van der Waals surface area (Å²) in [4.78, 5) is 276. The summed E-state index contributed by atoms with van der Waals surface area (Å²) in [5.41, 5.74) is 20.3. The van der Waals surface area contributed by atoms with Crippen LogP contribution in [0.4, 0.5) is 0 Å². The van der Waals surface area contributed by atoms with Crippen molar-refractivity contribution in [3.05, 3.63) is 144 Å². The number of unbranched alkanes of at least 4 members (excludes halogenated alkanes) is 2. The number of fused-ring (bicyclic) bond motifs is 3. The number of nitrogens with zero attached hydrogens (tertiary/aromatic N) is 6. The lowest BCUT2D eigenvalue weighted by Crippen LogP contribution is -2.62. The van der Waals surface area contributed by atoms with E-state index in [2.05, 4.69) is 93.7 Å². The average Bonchev–Trinajstić information content (AvgIpc) is 1.35. The summed E-state index contributed by atoms with van der Waals surface area (Å²) in [6, 6.07) is 0.909. The van der Waals surface area contributed by atoms with Crippen molar-refractivity contribution in [3.8, 4) is 0 Å². The Hall–Kier alpha value is -14.3. The van der Waals surface area contributed by atoms with Gasteiger partial charge >= 0.3 is 0 Å². The number of primary amides is 2. The fraction of sp³-hybridized carbons (Fsp3) is 0.505. The number of H-pyrrole nitrogens is 4. The first kappa shape index (κ1) is 107. The Bertz CT molecular complexity index is 5380. The highest BCUT2D eigenvalue weighted by Crippen LogP contribution is 2.27. The van der Waals surface area contributed by atoms with E-state index in [4.69, 9.17) is 22.6 Å². The average molecular weight is 1930 g/mol. The van der Waals surface area contributed by atoms with Crippen LogP contribution in [0.1, 0.15) is 146 Å². The number of aliphatic hydroxyl groups excluding tert-OH is 1. The van der Waals surface area contributed by atoms with Crippen molar-refractivity contribution in [3.63, 3.8) is 0 Å². The van der Waals surface area contributed by atoms with E-state index in [1.54, 1.807) is 91.3 Å². The number of aromatic amines is 4. The SMILES string of the molecule is CCCC[C@H]1C(=O)N(C)[C@@H](CCCC)C(=O)N[C@@H](CCCNC(=N)N)C(=O)N[C@H](C(=O)NCC(N)=O)CSCC(=O)N[C@@H](Cc2ccccc2)C(=O)N(C)[C@@H](C)C(=O)N[C@@H](CC(N)=O)C(=O)N2CCC[C@H]2C(=O)N[C@@H](Cc2cnc[nH]2)C(=O)N[C@@H](CCC(C)C)C(=O)N[C@@H](Cc2cnc[nH]2)C(=O)N[C@@H](Cc2c[nH]c3ccccc23)C(=O)N[C@@H](CO)C(=O)N[C@@H](Cc2c[nH]c3ccccc23)C(=O)N1C. The molecule has 3 aromatic carbocycles. The Kier molecular flexibility index (Phi) is 41.0. The van der Waals surface area contributed by atoms with Gasteiger partial charge in [0, 0.05) is 130 Å². The number of aliphatic hydroxyl groups is 1. The van der Waals surface area contributed by atoms with Crippen molar-refractivity contribution in [2.45, 2.75) is 235 Å². The zero-order valence-electron chi connectivity index (χ0n) is 78.8. The third kappa shape index (κ3) is 31.1. The number of nitrogens with two attached hydrogens (primary N) is 3. The summed E-state index contributed by atoms with van der Waals surface area (Å²) in [5.74, 6) is -17.3. The molecule has 2 aliphatic rings. The first-order valence-corrected chi connectivity index (χ1v) is 47.5. The Morgan fingerprint density at radius 3 is 1.54 bits per heavy atom. The number of hydrogen-bond donors (Lipinski definition) is 21. The summed E-state index contributed by atoms with van der Waals surface area (Å²) in [6.45, 7) is 6.82. The second-order valence-corrected chi connectivity index (χ2v) is 36.1. The third-order valence-corrected chi connectivity index (χ3v) is 25.4. The van der Waals surface area contributed by atoms with Gasteiger partial charge in [-0.3, -0.25) is 86.9 Å². The molecule has 9 rings (SSSR count). The predicted octanol–water partition coefficient (Wildman–Crippen LogP) is -1.76. The highest BCUT2D eigenvalue weighted by Gasteiger charge is 2.44. The Labute approximate surface area is 802 Å². The molecule has 24 N–H and O–H groups in total. The lowest BCUT2D eigenvalue weighted by atomic mass is 10.00. The minimum absolute atomic E-state index is 0.00138. The van der Waals surface area contributed by atoms with E-state index in [1.807, 2.05) is 27.7 Å². The summed E-state index contributed by atoms with van der Waals surface area (Å²) < 4.78 is 0. The molecule has 138 heavy (non-hydrogen) atoms. The predicted molar refractivity (Wildman–Crippen MR) is 511 cm³/mol. The zero-order chi connectivity index (χ0) is 100. The number of guanidine groups is 1. The number of hydrogen-bond acceptors (Lipinski definition) is 22. The zero-order valence-corrected chi connectivity index (χ0v) is 79.6. The second-order valence-electron chi connectivity index (χ2n) is 35.1. The quantitative estimate of drug-likeness (QED) is 0.0140. The number of aromatic nitrogens is 6. The van der Waals surface area contributed by atoms with Crippen molar-refractivity contribution in [2.75, 3.05) is 58.9 Å². The molecule has 6 heterocycles. The molecule has 44 nitrogen and oxygen atoms in total. The van der Waals surface area contributed by atoms with Gasteiger partial charge in [-0.25, -0.2) is 9.97 Å². The van der Waals surface area contributed by atoms with Gasteiger partial charge in [0.1, 0.15) is 84.6 Å². The Morgan fingerprint density at radius 1 is 0.500 bits per heavy atom. The maximum Gasteiger partial charge on any atom is 0.246 e. The van der Waals surface area contributed by atoms with E-state index >= 15 is 38.4 Å². The molecule has 0 spiro atoms. The lowest BCUT2D eigenvalue weighted by molar-refractivity contribution is -0.149. The first-order valence-electron chi connectivity index (χ1n) is 46.3. The van der Waals surface area contributed by atoms with Gasteiger partial charge in [0.15, 0.2) is 5.96 Å². The second kappa shape index (κ2) is 52.7. The van der Waals surface area contributed by atoms with E-state index in [9.17, 15) is 48.3 Å². The number of benzene rings is 3. The molecule has 0 aliphatic carbocycles. The van der Waals surface area contributed by atoms with Crippen molar-refractivity contribution in [1.82, 2.24) is 113 Å². The van der Waals surface area contributed by atoms with E-state index in [0.29, 0.717) is 82.0 Å². The van der Waals surface area contributed by atoms with E-state index in [0.717, 1.165) is 31.4 Å². The maximum atomic E-state index is 15.8. The third-order valence-electron chi connectivity index (χ3n) is 24.3. The normalized spacial score (nSPS) is 23.5. The molecule has 2 saturated heterocycles. The number of thioether (sulfide) groups is 1. The molecular weight excluding hydrogens is 1800 g/mol. The summed E-state index contributed by atoms with van der Waals surface area (Å²) in [7, 11) is 3.96. The summed E-state index contributed by atoms with van der Waals surface area (Å²) >= 11 is 0.793. The number of carbonyl (C=O) groups is 17. The molecule has 14 atom stereocenters. The smallest absolute Gasteiger partial charge is 0.246 e. The fourth-order valence-corrected chi connectivity index (χ4v) is 17.3. The van der Waals surface area contributed by atoms with Crippen LogP contribution in [0.5, 0.6) is 0 Å². The molecule has 2 fully saturated rings. The van der Waals surface area contributed by atoms with Gasteiger partial charge in [0.2, 0.25) is 100 Å². The first-order chi connectivity index (χ1) is 66.0. The topological polar surface area (TPSA) is 659 Å². The van der Waals surface area contributed by atoms with Crippen molar-refractivity contribution in [2.24, 2.45) is 23.1 Å². The van der Waals surface area contributed by atoms with Crippen LogP contribution in [-0.4, -0.2) is 304 Å². The summed E-state index contributed by atoms with van der Waals surface area (Å²) in [5, 5.41) is 52.6. The number of carbonyl (C=O) groups excluding carboxylic acids is 17. The Balaban J connectivity index is 1.11. The minimum atomic E-state index is -1.89. The standard InChI is InChI=1S/C93H130N26O18S/c1-9-11-29-73-87(132)108-63(28-20-34-100-93(96)97)81(126)115-72(80(125)103-46-77(95)122)48-138-49-78(123)106-68(36-54-22-14-13-15-23-54)89(134)116(6)53(5)79(124)112-70(41-76(94)121)91(136)119-35-21-31-74(119)88(133)111-67(40-58-45-99-51-105-58)84(129)107-64(33-32-52(3)4)82(127)110-66(39-57-44-98-50-104-57)85(130)109-65(37-55-42-101-61-26-18-16-24-59(55)61)83(128)114-71(47-120)86(131)113-69(38-56-43-102-62-27-19-17-25-60(56)62)90(135)118(8)75(30-12-10-2)92(137)117(73)7/h13-19,22-27,42-45,50-53,63-75,101-102,120H,9-12,20-21,28-41,46-49H2,1-8H3,(H2,94,121)(H2,95,122)(H,98,104)(H,99,105)(H,103,125)(H,106,123)(H,107,129)(H,108,132)(H,109,130)(H,110,127)(H,111,133)(H,112,124)(H,113,131)(H,114,128)(H,115,126)(H4,96,97,100)/t53-,63-,64-,65-,66-,67-,68-,69-,70-,71-,72-,73-,74-,75-/m0/s1. The molecule has 4 aromatic heterocycles. The van der Waals surface area contributed by atoms with Crippen molar-refractivity contribution < 1.29 is 86.6 Å². The maximum absolute atomic E-state index is 15.8. The molecule has 746 valence electrons. The number of amides is 17. The number of rotatable bonds is 29. The number of imidazole rings is 2. The van der Waals surface area contributed by atoms with E-state index in [-0.39, 0.29) is 96.1 Å². The van der Waals surface area contributed by atoms with Crippen LogP contribution in [0.15, 0.2) is 116 Å². The molecule has 17 amide bonds. The molecule has 0 bridgehead atoms. The van der Waals surface area contributed by atoms with Crippen LogP contribution in [0, 0.1) is 11.3 Å². The molecule has 7 aromatic rings. The van der Waals surface area contributed by atoms with Crippen LogP contribution >= 0.6 is 11.8 Å². The van der Waals surface area contributed by atoms with Gasteiger partial charge in [-0.1, -0.05) is 120 Å². The van der Waals surface area contributed by atoms with Crippen LogP contribution in [0.2, 0.25) is 0 Å². The number of para-hydroxylation sites is 2. The van der Waals surface area contributed by atoms with Gasteiger partial charge in [-0.05, 0) is 93.0 Å². The van der Waals surface area contributed by atoms with Gasteiger partial charge in [-0.15, -0.1) is 11.8 Å². The number of likely N-dealkylation sites (N-methyl/N-ethyl adjacent to an activating group) is 3. The van der Waals surface area contributed by atoms with Gasteiger partial charge in [-0.2, -0.15) is 0 Å². The van der Waals surface area contributed by atoms with Crippen molar-refractivity contribution in [1.29, 1.82) is 5.41 Å². The van der Waals surface area contributed by atoms with Gasteiger partial charge < -0.3 is 126 Å².